The second-order valence-corrected chi connectivity index (χ2v) is 9.50. The van der Waals surface area contributed by atoms with E-state index in [0.29, 0.717) is 31.4 Å². The highest BCUT2D eigenvalue weighted by molar-refractivity contribution is 5.97. The minimum atomic E-state index is -0.664. The van der Waals surface area contributed by atoms with Crippen molar-refractivity contribution in [2.75, 3.05) is 13.6 Å². The zero-order valence-electron chi connectivity index (χ0n) is 22.9. The lowest BCUT2D eigenvalue weighted by Gasteiger charge is -2.17. The van der Waals surface area contributed by atoms with Crippen LogP contribution in [0.1, 0.15) is 60.5 Å². The van der Waals surface area contributed by atoms with E-state index in [0.717, 1.165) is 23.1 Å². The van der Waals surface area contributed by atoms with Gasteiger partial charge in [0, 0.05) is 19.2 Å². The molecule has 206 valence electrons. The molecule has 3 amide bonds. The van der Waals surface area contributed by atoms with Crippen molar-refractivity contribution in [3.05, 3.63) is 95.6 Å². The number of carbonyl (C=O) groups excluding carboxylic acids is 3. The lowest BCUT2D eigenvalue weighted by Crippen LogP contribution is -2.45. The Balaban J connectivity index is 1.44. The first-order valence-corrected chi connectivity index (χ1v) is 13.7. The van der Waals surface area contributed by atoms with Gasteiger partial charge in [0.15, 0.2) is 0 Å². The molecule has 0 unspecified atom stereocenters. The van der Waals surface area contributed by atoms with Gasteiger partial charge in [-0.25, -0.2) is 4.79 Å². The van der Waals surface area contributed by atoms with Crippen molar-refractivity contribution >= 4 is 17.9 Å². The van der Waals surface area contributed by atoms with Crippen LogP contribution in [0.4, 0.5) is 4.79 Å². The monoisotopic (exact) mass is 529 g/mol. The molecule has 0 heterocycles. The minimum absolute atomic E-state index is 0.212. The van der Waals surface area contributed by atoms with E-state index in [1.54, 1.807) is 19.2 Å². The van der Waals surface area contributed by atoms with Gasteiger partial charge in [-0.3, -0.25) is 9.59 Å². The normalized spacial score (nSPS) is 11.3. The van der Waals surface area contributed by atoms with Crippen molar-refractivity contribution in [2.24, 2.45) is 0 Å². The molecule has 3 N–H and O–H groups in total. The summed E-state index contributed by atoms with van der Waals surface area (Å²) in [4.78, 5) is 37.1. The zero-order chi connectivity index (χ0) is 27.9. The number of carbonyl (C=O) groups is 3. The predicted molar refractivity (Wildman–Crippen MR) is 154 cm³/mol. The van der Waals surface area contributed by atoms with Crippen molar-refractivity contribution in [2.45, 2.75) is 58.1 Å². The standard InChI is InChI=1S/C32H39N3O4/c1-3-4-10-24-14-16-26(17-15-24)27-18-20-28(21-19-27)30(36)35-29(31(37)33-2)13-8-9-22-34-32(38)39-23-25-11-6-5-7-12-25/h5-7,11-12,14-21,29H,3-4,8-10,13,22-23H2,1-2H3,(H,33,37)(H,34,38)(H,35,36)/t29-/m0/s1. The number of nitrogens with one attached hydrogen (secondary N) is 3. The predicted octanol–water partition coefficient (Wildman–Crippen LogP) is 5.64. The van der Waals surface area contributed by atoms with Gasteiger partial charge in [-0.2, -0.15) is 0 Å². The van der Waals surface area contributed by atoms with Gasteiger partial charge in [-0.1, -0.05) is 80.1 Å². The van der Waals surface area contributed by atoms with Crippen molar-refractivity contribution in [3.8, 4) is 11.1 Å². The fourth-order valence-corrected chi connectivity index (χ4v) is 4.18. The Morgan fingerprint density at radius 1 is 0.795 bits per heavy atom. The average Bonchev–Trinajstić information content (AvgIpc) is 2.98. The summed E-state index contributed by atoms with van der Waals surface area (Å²) in [5.41, 5.74) is 4.88. The Morgan fingerprint density at radius 2 is 1.46 bits per heavy atom. The number of rotatable bonds is 14. The quantitative estimate of drug-likeness (QED) is 0.236. The van der Waals surface area contributed by atoms with Crippen molar-refractivity contribution in [1.29, 1.82) is 0 Å². The van der Waals surface area contributed by atoms with Crippen LogP contribution >= 0.6 is 0 Å². The highest BCUT2D eigenvalue weighted by atomic mass is 16.5. The van der Waals surface area contributed by atoms with Gasteiger partial charge < -0.3 is 20.7 Å². The maximum atomic E-state index is 12.9. The molecule has 1 atom stereocenters. The zero-order valence-corrected chi connectivity index (χ0v) is 22.9. The van der Waals surface area contributed by atoms with Gasteiger partial charge in [0.2, 0.25) is 5.91 Å². The molecule has 0 aliphatic heterocycles. The van der Waals surface area contributed by atoms with Gasteiger partial charge in [0.25, 0.3) is 5.91 Å². The molecule has 0 aliphatic rings. The third kappa shape index (κ3) is 9.93. The molecule has 0 saturated carbocycles. The number of amides is 3. The Labute approximate surface area is 231 Å². The summed E-state index contributed by atoms with van der Waals surface area (Å²) >= 11 is 0. The molecule has 0 aromatic heterocycles. The van der Waals surface area contributed by atoms with Gasteiger partial charge >= 0.3 is 6.09 Å². The average molecular weight is 530 g/mol. The van der Waals surface area contributed by atoms with Crippen LogP contribution in [0.5, 0.6) is 0 Å². The topological polar surface area (TPSA) is 96.5 Å². The molecule has 0 fully saturated rings. The van der Waals surface area contributed by atoms with Gasteiger partial charge in [-0.15, -0.1) is 0 Å². The first kappa shape index (κ1) is 29.4. The van der Waals surface area contributed by atoms with E-state index >= 15 is 0 Å². The molecule has 39 heavy (non-hydrogen) atoms. The number of likely N-dealkylation sites (N-methyl/N-ethyl adjacent to an activating group) is 1. The molecule has 7 nitrogen and oxygen atoms in total. The van der Waals surface area contributed by atoms with E-state index in [1.165, 1.54) is 18.4 Å². The molecule has 0 bridgehead atoms. The molecule has 0 spiro atoms. The fraction of sp³-hybridized carbons (Fsp3) is 0.344. The molecule has 3 aromatic rings. The first-order valence-electron chi connectivity index (χ1n) is 13.7. The summed E-state index contributed by atoms with van der Waals surface area (Å²) < 4.78 is 5.20. The van der Waals surface area contributed by atoms with Crippen molar-refractivity contribution < 1.29 is 19.1 Å². The number of ether oxygens (including phenoxy) is 1. The van der Waals surface area contributed by atoms with Crippen LogP contribution in [-0.4, -0.2) is 37.5 Å². The van der Waals surface area contributed by atoms with Crippen LogP contribution in [0.2, 0.25) is 0 Å². The Morgan fingerprint density at radius 3 is 2.10 bits per heavy atom. The third-order valence-corrected chi connectivity index (χ3v) is 6.52. The largest absolute Gasteiger partial charge is 0.445 e. The van der Waals surface area contributed by atoms with E-state index in [-0.39, 0.29) is 18.4 Å². The Bertz CT molecular complexity index is 1180. The number of benzene rings is 3. The van der Waals surface area contributed by atoms with Crippen LogP contribution in [0.25, 0.3) is 11.1 Å². The maximum Gasteiger partial charge on any atom is 0.407 e. The van der Waals surface area contributed by atoms with E-state index in [9.17, 15) is 14.4 Å². The number of unbranched alkanes of at least 4 members (excludes halogenated alkanes) is 2. The molecule has 0 radical (unpaired) electrons. The highest BCUT2D eigenvalue weighted by Crippen LogP contribution is 2.21. The highest BCUT2D eigenvalue weighted by Gasteiger charge is 2.20. The molecular weight excluding hydrogens is 490 g/mol. The first-order chi connectivity index (χ1) is 19.0. The number of hydrogen-bond acceptors (Lipinski definition) is 4. The van der Waals surface area contributed by atoms with E-state index < -0.39 is 12.1 Å². The second-order valence-electron chi connectivity index (χ2n) is 9.50. The van der Waals surface area contributed by atoms with Gasteiger partial charge in [0.1, 0.15) is 12.6 Å². The molecular formula is C32H39N3O4. The number of aryl methyl sites for hydroxylation is 1. The van der Waals surface area contributed by atoms with Crippen LogP contribution in [0, 0.1) is 0 Å². The number of hydrogen-bond donors (Lipinski definition) is 3. The van der Waals surface area contributed by atoms with Crippen LogP contribution in [0.3, 0.4) is 0 Å². The lowest BCUT2D eigenvalue weighted by molar-refractivity contribution is -0.122. The smallest absolute Gasteiger partial charge is 0.407 e. The molecule has 7 heteroatoms. The Hall–Kier alpha value is -4.13. The summed E-state index contributed by atoms with van der Waals surface area (Å²) in [6.07, 6.45) is 4.71. The second kappa shape index (κ2) is 16.0. The van der Waals surface area contributed by atoms with Gasteiger partial charge in [0.05, 0.1) is 0 Å². The van der Waals surface area contributed by atoms with Crippen molar-refractivity contribution in [1.82, 2.24) is 16.0 Å². The van der Waals surface area contributed by atoms with E-state index in [2.05, 4.69) is 47.1 Å². The van der Waals surface area contributed by atoms with Crippen molar-refractivity contribution in [3.63, 3.8) is 0 Å². The fourth-order valence-electron chi connectivity index (χ4n) is 4.18. The van der Waals surface area contributed by atoms with Crippen LogP contribution in [0.15, 0.2) is 78.9 Å². The lowest BCUT2D eigenvalue weighted by atomic mass is 10.0. The van der Waals surface area contributed by atoms with Gasteiger partial charge in [-0.05, 0) is 66.5 Å². The summed E-state index contributed by atoms with van der Waals surface area (Å²) in [7, 11) is 1.55. The van der Waals surface area contributed by atoms with E-state index in [4.69, 9.17) is 4.74 Å². The minimum Gasteiger partial charge on any atom is -0.445 e. The molecule has 0 aliphatic carbocycles. The number of alkyl carbamates (subject to hydrolysis) is 1. The maximum absolute atomic E-state index is 12.9. The summed E-state index contributed by atoms with van der Waals surface area (Å²) in [5, 5.41) is 8.18. The summed E-state index contributed by atoms with van der Waals surface area (Å²) in [6, 6.07) is 24.7. The van der Waals surface area contributed by atoms with Crippen LogP contribution < -0.4 is 16.0 Å². The Kier molecular flexibility index (Phi) is 12.0. The SMILES string of the molecule is CCCCc1ccc(-c2ccc(C(=O)N[C@@H](CCCCNC(=O)OCc3ccccc3)C(=O)NC)cc2)cc1. The molecule has 0 saturated heterocycles. The van der Waals surface area contributed by atoms with E-state index in [1.807, 2.05) is 42.5 Å². The third-order valence-electron chi connectivity index (χ3n) is 6.52. The summed E-state index contributed by atoms with van der Waals surface area (Å²) in [6.45, 7) is 2.82. The van der Waals surface area contributed by atoms with Crippen LogP contribution in [-0.2, 0) is 22.6 Å². The molecule has 3 rings (SSSR count). The summed E-state index contributed by atoms with van der Waals surface area (Å²) in [5.74, 6) is -0.550. The molecule has 3 aromatic carbocycles.